The number of amides is 2. The number of aryl methyl sites for hydroxylation is 2. The number of aromatic nitrogens is 4. The van der Waals surface area contributed by atoms with Gasteiger partial charge in [-0.05, 0) is 49.4 Å². The summed E-state index contributed by atoms with van der Waals surface area (Å²) in [6, 6.07) is 15.0. The van der Waals surface area contributed by atoms with Gasteiger partial charge in [0.05, 0.1) is 46.2 Å². The van der Waals surface area contributed by atoms with E-state index < -0.39 is 11.2 Å². The summed E-state index contributed by atoms with van der Waals surface area (Å²) in [5.41, 5.74) is 4.78. The van der Waals surface area contributed by atoms with E-state index in [1.165, 1.54) is 17.8 Å². The zero-order chi connectivity index (χ0) is 37.9. The highest BCUT2D eigenvalue weighted by Gasteiger charge is 2.46. The van der Waals surface area contributed by atoms with Gasteiger partial charge in [0.25, 0.3) is 5.56 Å². The smallest absolute Gasteiger partial charge is 0.330 e. The quantitative estimate of drug-likeness (QED) is 0.192. The number of pyridine rings is 2. The minimum atomic E-state index is -0.469. The SMILES string of the molecule is COc1nc(-c2cccc(-c3cccc(Nc4nccc5c4c(=O)n(C)c(=O)n5C)c3Cl)c2Cl)cc2c1[C@H](N1CC[C@@]3(CCN(CCO)C(=O)N3)C1)CC2. The highest BCUT2D eigenvalue weighted by molar-refractivity contribution is 6.39. The van der Waals surface area contributed by atoms with Crippen LogP contribution >= 0.6 is 23.2 Å². The number of nitrogens with one attached hydrogen (secondary N) is 2. The number of carbonyl (C=O) groups is 1. The number of anilines is 2. The number of halogens is 2. The molecule has 54 heavy (non-hydrogen) atoms. The van der Waals surface area contributed by atoms with Gasteiger partial charge in [-0.25, -0.2) is 19.6 Å². The van der Waals surface area contributed by atoms with Crippen molar-refractivity contribution in [3.63, 3.8) is 0 Å². The summed E-state index contributed by atoms with van der Waals surface area (Å²) in [6.07, 6.45) is 5.00. The molecule has 0 radical (unpaired) electrons. The second-order valence-electron chi connectivity index (χ2n) is 14.3. The standard InChI is InChI=1S/C39H40Cl2N8O5/c1-46-28-12-15-42-34(31(28)36(51)47(2)38(46)53)43-26-9-5-7-24(33(26)41)23-6-4-8-25(32(23)40)27-20-22-10-11-29(30(22)35(44-27)54-3)49-17-14-39(21-49)13-16-48(18-19-50)37(52)45-39/h4-9,12,15,20,29,50H,10-11,13-14,16-19,21H2,1-3H3,(H,42,43)(H,45,52)/t29-,39+/m1/s1. The molecule has 5 aromatic rings. The second-order valence-corrected chi connectivity index (χ2v) is 15.0. The molecule has 8 rings (SSSR count). The van der Waals surface area contributed by atoms with Crippen molar-refractivity contribution in [3.8, 4) is 28.3 Å². The summed E-state index contributed by atoms with van der Waals surface area (Å²) in [5, 5.41) is 16.9. The van der Waals surface area contributed by atoms with E-state index in [0.29, 0.717) is 57.0 Å². The molecule has 2 amide bonds. The van der Waals surface area contributed by atoms with Gasteiger partial charge in [0.2, 0.25) is 5.88 Å². The van der Waals surface area contributed by atoms with Crippen LogP contribution in [-0.2, 0) is 20.5 Å². The number of urea groups is 1. The summed E-state index contributed by atoms with van der Waals surface area (Å²) in [7, 11) is 4.68. The van der Waals surface area contributed by atoms with E-state index in [4.69, 9.17) is 32.9 Å². The molecule has 13 nitrogen and oxygen atoms in total. The Kier molecular flexibility index (Phi) is 9.37. The summed E-state index contributed by atoms with van der Waals surface area (Å²) < 4.78 is 8.41. The van der Waals surface area contributed by atoms with Crippen molar-refractivity contribution in [1.29, 1.82) is 0 Å². The Morgan fingerprint density at radius 3 is 2.50 bits per heavy atom. The maximum absolute atomic E-state index is 13.2. The van der Waals surface area contributed by atoms with Gasteiger partial charge in [0, 0.05) is 74.8 Å². The Balaban J connectivity index is 1.09. The van der Waals surface area contributed by atoms with Crippen molar-refractivity contribution in [3.05, 3.63) is 96.7 Å². The lowest BCUT2D eigenvalue weighted by atomic mass is 9.92. The fourth-order valence-corrected chi connectivity index (χ4v) is 8.99. The van der Waals surface area contributed by atoms with E-state index in [1.54, 1.807) is 31.2 Å². The topological polar surface area (TPSA) is 147 Å². The first kappa shape index (κ1) is 36.0. The zero-order valence-corrected chi connectivity index (χ0v) is 31.7. The number of nitrogens with zero attached hydrogens (tertiary/aromatic N) is 6. The molecule has 0 bridgehead atoms. The molecule has 5 heterocycles. The van der Waals surface area contributed by atoms with Crippen LogP contribution in [-0.4, -0.2) is 85.5 Å². The van der Waals surface area contributed by atoms with Gasteiger partial charge in [-0.15, -0.1) is 0 Å². The van der Waals surface area contributed by atoms with Crippen LogP contribution in [0.5, 0.6) is 5.88 Å². The number of β-amino-alcohol motifs (C(OH)–C–C–N with tert-alkyl or cyclic N) is 1. The number of ether oxygens (including phenoxy) is 1. The minimum Gasteiger partial charge on any atom is -0.481 e. The van der Waals surface area contributed by atoms with Crippen LogP contribution in [0.15, 0.2) is 64.3 Å². The maximum atomic E-state index is 13.2. The Morgan fingerprint density at radius 2 is 1.74 bits per heavy atom. The van der Waals surface area contributed by atoms with Crippen molar-refractivity contribution in [2.24, 2.45) is 14.1 Å². The third-order valence-electron chi connectivity index (χ3n) is 11.2. The molecule has 2 aliphatic heterocycles. The summed E-state index contributed by atoms with van der Waals surface area (Å²) in [4.78, 5) is 52.1. The number of aliphatic hydroxyl groups is 1. The molecule has 3 aliphatic rings. The third kappa shape index (κ3) is 5.99. The number of fused-ring (bicyclic) bond motifs is 2. The number of aliphatic hydroxyl groups excluding tert-OH is 1. The molecule has 1 spiro atoms. The number of hydrogen-bond acceptors (Lipinski definition) is 9. The summed E-state index contributed by atoms with van der Waals surface area (Å²) in [5.74, 6) is 0.831. The maximum Gasteiger partial charge on any atom is 0.330 e. The van der Waals surface area contributed by atoms with Crippen LogP contribution in [0.1, 0.15) is 36.4 Å². The van der Waals surface area contributed by atoms with Gasteiger partial charge in [-0.3, -0.25) is 18.8 Å². The van der Waals surface area contributed by atoms with Crippen LogP contribution in [0.3, 0.4) is 0 Å². The summed E-state index contributed by atoms with van der Waals surface area (Å²) >= 11 is 14.3. The predicted octanol–water partition coefficient (Wildman–Crippen LogP) is 5.26. The molecule has 3 aromatic heterocycles. The molecular formula is C39H40Cl2N8O5. The van der Waals surface area contributed by atoms with Crippen molar-refractivity contribution in [2.45, 2.75) is 37.3 Å². The molecule has 0 unspecified atom stereocenters. The highest BCUT2D eigenvalue weighted by Crippen LogP contribution is 2.47. The normalized spacial score (nSPS) is 19.8. The highest BCUT2D eigenvalue weighted by atomic mass is 35.5. The summed E-state index contributed by atoms with van der Waals surface area (Å²) in [6.45, 7) is 2.52. The van der Waals surface area contributed by atoms with E-state index in [9.17, 15) is 19.5 Å². The number of methoxy groups -OCH3 is 1. The number of benzene rings is 2. The lowest BCUT2D eigenvalue weighted by Gasteiger charge is -2.40. The first-order valence-corrected chi connectivity index (χ1v) is 18.7. The fraction of sp³-hybridized carbons (Fsp3) is 0.359. The average molecular weight is 772 g/mol. The zero-order valence-electron chi connectivity index (χ0n) is 30.2. The van der Waals surface area contributed by atoms with Crippen LogP contribution in [0.2, 0.25) is 10.0 Å². The van der Waals surface area contributed by atoms with Gasteiger partial charge in [-0.1, -0.05) is 53.5 Å². The number of carbonyl (C=O) groups excluding carboxylic acids is 1. The van der Waals surface area contributed by atoms with Gasteiger partial charge in [-0.2, -0.15) is 0 Å². The Labute approximate surface area is 321 Å². The number of hydrogen-bond donors (Lipinski definition) is 3. The van der Waals surface area contributed by atoms with E-state index >= 15 is 0 Å². The molecule has 0 saturated carbocycles. The van der Waals surface area contributed by atoms with Crippen molar-refractivity contribution < 1.29 is 14.6 Å². The molecule has 1 aliphatic carbocycles. The molecule has 2 saturated heterocycles. The van der Waals surface area contributed by atoms with Crippen LogP contribution in [0.25, 0.3) is 33.3 Å². The number of likely N-dealkylation sites (tertiary alicyclic amines) is 1. The molecule has 2 atom stereocenters. The second kappa shape index (κ2) is 14.0. The molecular weight excluding hydrogens is 731 g/mol. The molecule has 2 fully saturated rings. The molecule has 2 aromatic carbocycles. The Morgan fingerprint density at radius 1 is 1.00 bits per heavy atom. The first-order chi connectivity index (χ1) is 26.0. The average Bonchev–Trinajstić information content (AvgIpc) is 3.79. The Hall–Kier alpha value is -4.95. The van der Waals surface area contributed by atoms with Crippen molar-refractivity contribution in [1.82, 2.24) is 34.2 Å². The minimum absolute atomic E-state index is 0.0473. The van der Waals surface area contributed by atoms with Crippen LogP contribution in [0.4, 0.5) is 16.3 Å². The van der Waals surface area contributed by atoms with Gasteiger partial charge in [0.1, 0.15) is 11.2 Å². The Bertz CT molecular complexity index is 2450. The molecule has 15 heteroatoms. The third-order valence-corrected chi connectivity index (χ3v) is 12.1. The van der Waals surface area contributed by atoms with E-state index in [2.05, 4.69) is 26.6 Å². The lowest BCUT2D eigenvalue weighted by Crippen LogP contribution is -2.61. The largest absolute Gasteiger partial charge is 0.481 e. The number of rotatable bonds is 8. The van der Waals surface area contributed by atoms with Gasteiger partial charge >= 0.3 is 11.7 Å². The first-order valence-electron chi connectivity index (χ1n) is 17.9. The van der Waals surface area contributed by atoms with E-state index in [-0.39, 0.29) is 35.4 Å². The predicted molar refractivity (Wildman–Crippen MR) is 209 cm³/mol. The van der Waals surface area contributed by atoms with Crippen molar-refractivity contribution >= 4 is 51.6 Å². The monoisotopic (exact) mass is 770 g/mol. The van der Waals surface area contributed by atoms with E-state index in [1.807, 2.05) is 30.3 Å². The van der Waals surface area contributed by atoms with Gasteiger partial charge in [0.15, 0.2) is 0 Å². The lowest BCUT2D eigenvalue weighted by molar-refractivity contribution is 0.127. The van der Waals surface area contributed by atoms with Crippen LogP contribution in [0, 0.1) is 0 Å². The molecule has 280 valence electrons. The van der Waals surface area contributed by atoms with Gasteiger partial charge < -0.3 is 25.4 Å². The van der Waals surface area contributed by atoms with Crippen molar-refractivity contribution in [2.75, 3.05) is 45.2 Å². The molecule has 3 N–H and O–H groups in total. The fourth-order valence-electron chi connectivity index (χ4n) is 8.39. The van der Waals surface area contributed by atoms with E-state index in [0.717, 1.165) is 60.0 Å². The van der Waals surface area contributed by atoms with Crippen LogP contribution < -0.4 is 26.6 Å².